The normalized spacial score (nSPS) is 11.4. The second kappa shape index (κ2) is 11.1. The highest BCUT2D eigenvalue weighted by Gasteiger charge is 2.26. The Morgan fingerprint density at radius 1 is 1.07 bits per heavy atom. The summed E-state index contributed by atoms with van der Waals surface area (Å²) in [4.78, 5) is 27.0. The van der Waals surface area contributed by atoms with Crippen molar-refractivity contribution >= 4 is 11.8 Å². The zero-order valence-electron chi connectivity index (χ0n) is 17.6. The van der Waals surface area contributed by atoms with Crippen molar-refractivity contribution in [2.75, 3.05) is 20.3 Å². The SMILES string of the molecule is CCCNC(=O)[C@H](C)N(Cc1ccccc1C)C(=O)COc1ccc(OC)cc1. The molecular formula is C23H30N2O4. The van der Waals surface area contributed by atoms with Crippen LogP contribution in [0.4, 0.5) is 0 Å². The predicted octanol–water partition coefficient (Wildman–Crippen LogP) is 3.33. The van der Waals surface area contributed by atoms with Gasteiger partial charge in [-0.15, -0.1) is 0 Å². The molecule has 0 fully saturated rings. The predicted molar refractivity (Wildman–Crippen MR) is 113 cm³/mol. The highest BCUT2D eigenvalue weighted by atomic mass is 16.5. The molecular weight excluding hydrogens is 368 g/mol. The molecule has 0 unspecified atom stereocenters. The fraction of sp³-hybridized carbons (Fsp3) is 0.391. The Labute approximate surface area is 172 Å². The van der Waals surface area contributed by atoms with Gasteiger partial charge >= 0.3 is 0 Å². The summed E-state index contributed by atoms with van der Waals surface area (Å²) in [5, 5.41) is 2.87. The fourth-order valence-corrected chi connectivity index (χ4v) is 2.85. The van der Waals surface area contributed by atoms with Crippen molar-refractivity contribution in [3.63, 3.8) is 0 Å². The van der Waals surface area contributed by atoms with Gasteiger partial charge in [0.2, 0.25) is 5.91 Å². The van der Waals surface area contributed by atoms with Gasteiger partial charge in [-0.1, -0.05) is 31.2 Å². The van der Waals surface area contributed by atoms with E-state index in [1.807, 2.05) is 38.1 Å². The zero-order chi connectivity index (χ0) is 21.2. The number of nitrogens with one attached hydrogen (secondary N) is 1. The summed E-state index contributed by atoms with van der Waals surface area (Å²) in [6.07, 6.45) is 0.838. The van der Waals surface area contributed by atoms with Crippen molar-refractivity contribution in [1.82, 2.24) is 10.2 Å². The Morgan fingerprint density at radius 3 is 2.34 bits per heavy atom. The van der Waals surface area contributed by atoms with Crippen LogP contribution in [0.15, 0.2) is 48.5 Å². The van der Waals surface area contributed by atoms with E-state index >= 15 is 0 Å². The van der Waals surface area contributed by atoms with E-state index in [0.717, 1.165) is 17.5 Å². The number of aryl methyl sites for hydroxylation is 1. The number of methoxy groups -OCH3 is 1. The van der Waals surface area contributed by atoms with E-state index < -0.39 is 6.04 Å². The van der Waals surface area contributed by atoms with Crippen LogP contribution in [0.2, 0.25) is 0 Å². The van der Waals surface area contributed by atoms with Crippen LogP contribution >= 0.6 is 0 Å². The number of nitrogens with zero attached hydrogens (tertiary/aromatic N) is 1. The number of ether oxygens (including phenoxy) is 2. The maximum atomic E-state index is 13.0. The minimum Gasteiger partial charge on any atom is -0.497 e. The largest absolute Gasteiger partial charge is 0.497 e. The molecule has 2 amide bonds. The van der Waals surface area contributed by atoms with E-state index in [1.165, 1.54) is 0 Å². The second-order valence-electron chi connectivity index (χ2n) is 6.88. The molecule has 2 aromatic carbocycles. The molecule has 1 atom stereocenters. The third-order valence-corrected chi connectivity index (χ3v) is 4.74. The van der Waals surface area contributed by atoms with Crippen molar-refractivity contribution in [3.8, 4) is 11.5 Å². The van der Waals surface area contributed by atoms with Crippen LogP contribution in [0, 0.1) is 6.92 Å². The number of hydrogen-bond donors (Lipinski definition) is 1. The number of carbonyl (C=O) groups excluding carboxylic acids is 2. The highest BCUT2D eigenvalue weighted by molar-refractivity contribution is 5.88. The Kier molecular flexibility index (Phi) is 8.52. The highest BCUT2D eigenvalue weighted by Crippen LogP contribution is 2.18. The Morgan fingerprint density at radius 2 is 1.72 bits per heavy atom. The summed E-state index contributed by atoms with van der Waals surface area (Å²) in [5.74, 6) is 0.866. The lowest BCUT2D eigenvalue weighted by Crippen LogP contribution is -2.49. The second-order valence-corrected chi connectivity index (χ2v) is 6.88. The summed E-state index contributed by atoms with van der Waals surface area (Å²) in [5.41, 5.74) is 2.07. The number of carbonyl (C=O) groups is 2. The Hall–Kier alpha value is -3.02. The van der Waals surface area contributed by atoms with Gasteiger partial charge in [0.25, 0.3) is 5.91 Å². The maximum absolute atomic E-state index is 13.0. The summed E-state index contributed by atoms with van der Waals surface area (Å²) in [6, 6.07) is 14.3. The smallest absolute Gasteiger partial charge is 0.261 e. The monoisotopic (exact) mass is 398 g/mol. The molecule has 0 aromatic heterocycles. The third kappa shape index (κ3) is 6.52. The lowest BCUT2D eigenvalue weighted by molar-refractivity contribution is -0.142. The summed E-state index contributed by atoms with van der Waals surface area (Å²) >= 11 is 0. The standard InChI is InChI=1S/C23H30N2O4/c1-5-14-24-23(27)18(3)25(15-19-9-7-6-8-17(19)2)22(26)16-29-21-12-10-20(28-4)11-13-21/h6-13,18H,5,14-16H2,1-4H3,(H,24,27)/t18-/m0/s1. The first-order chi connectivity index (χ1) is 14.0. The molecule has 0 saturated carbocycles. The van der Waals surface area contributed by atoms with Crippen LogP contribution in [-0.4, -0.2) is 43.0 Å². The molecule has 0 aliphatic heterocycles. The number of hydrogen-bond acceptors (Lipinski definition) is 4. The van der Waals surface area contributed by atoms with Crippen LogP contribution < -0.4 is 14.8 Å². The number of benzene rings is 2. The lowest BCUT2D eigenvalue weighted by Gasteiger charge is -2.29. The van der Waals surface area contributed by atoms with E-state index in [4.69, 9.17) is 9.47 Å². The van der Waals surface area contributed by atoms with Gasteiger partial charge in [-0.2, -0.15) is 0 Å². The van der Waals surface area contributed by atoms with Crippen molar-refractivity contribution in [2.24, 2.45) is 0 Å². The minimum absolute atomic E-state index is 0.149. The van der Waals surface area contributed by atoms with Gasteiger partial charge in [0, 0.05) is 13.1 Å². The van der Waals surface area contributed by atoms with Crippen LogP contribution in [0.1, 0.15) is 31.4 Å². The average molecular weight is 399 g/mol. The summed E-state index contributed by atoms with van der Waals surface area (Å²) < 4.78 is 10.8. The maximum Gasteiger partial charge on any atom is 0.261 e. The molecule has 156 valence electrons. The molecule has 0 heterocycles. The van der Waals surface area contributed by atoms with Gasteiger partial charge in [0.15, 0.2) is 6.61 Å². The molecule has 29 heavy (non-hydrogen) atoms. The molecule has 0 aliphatic carbocycles. The molecule has 0 radical (unpaired) electrons. The third-order valence-electron chi connectivity index (χ3n) is 4.74. The minimum atomic E-state index is -0.604. The van der Waals surface area contributed by atoms with Gasteiger partial charge in [0.1, 0.15) is 17.5 Å². The van der Waals surface area contributed by atoms with Crippen LogP contribution in [0.5, 0.6) is 11.5 Å². The van der Waals surface area contributed by atoms with E-state index in [1.54, 1.807) is 43.2 Å². The molecule has 1 N–H and O–H groups in total. The van der Waals surface area contributed by atoms with E-state index in [0.29, 0.717) is 24.6 Å². The molecule has 0 bridgehead atoms. The molecule has 6 nitrogen and oxygen atoms in total. The first-order valence-corrected chi connectivity index (χ1v) is 9.84. The number of rotatable bonds is 10. The van der Waals surface area contributed by atoms with Crippen molar-refractivity contribution in [1.29, 1.82) is 0 Å². The fourth-order valence-electron chi connectivity index (χ4n) is 2.85. The first kappa shape index (κ1) is 22.3. The van der Waals surface area contributed by atoms with Crippen LogP contribution in [0.3, 0.4) is 0 Å². The van der Waals surface area contributed by atoms with E-state index in [2.05, 4.69) is 5.32 Å². The van der Waals surface area contributed by atoms with Crippen LogP contribution in [0.25, 0.3) is 0 Å². The topological polar surface area (TPSA) is 67.9 Å². The molecule has 0 aliphatic rings. The number of amides is 2. The quantitative estimate of drug-likeness (QED) is 0.667. The average Bonchev–Trinajstić information content (AvgIpc) is 2.75. The Balaban J connectivity index is 2.12. The van der Waals surface area contributed by atoms with Crippen molar-refractivity contribution in [2.45, 2.75) is 39.8 Å². The van der Waals surface area contributed by atoms with Gasteiger partial charge in [-0.25, -0.2) is 0 Å². The van der Waals surface area contributed by atoms with Crippen LogP contribution in [-0.2, 0) is 16.1 Å². The molecule has 2 rings (SSSR count). The Bertz CT molecular complexity index is 805. The molecule has 0 saturated heterocycles. The van der Waals surface area contributed by atoms with Crippen molar-refractivity contribution < 1.29 is 19.1 Å². The van der Waals surface area contributed by atoms with Gasteiger partial charge in [0.05, 0.1) is 7.11 Å². The zero-order valence-corrected chi connectivity index (χ0v) is 17.6. The molecule has 0 spiro atoms. The van der Waals surface area contributed by atoms with Gasteiger partial charge in [-0.05, 0) is 55.7 Å². The molecule has 2 aromatic rings. The van der Waals surface area contributed by atoms with Crippen molar-refractivity contribution in [3.05, 3.63) is 59.7 Å². The van der Waals surface area contributed by atoms with E-state index in [-0.39, 0.29) is 18.4 Å². The van der Waals surface area contributed by atoms with Gasteiger partial charge < -0.3 is 19.7 Å². The first-order valence-electron chi connectivity index (χ1n) is 9.84. The molecule has 6 heteroatoms. The summed E-state index contributed by atoms with van der Waals surface area (Å²) in [6.45, 7) is 6.51. The lowest BCUT2D eigenvalue weighted by atomic mass is 10.1. The van der Waals surface area contributed by atoms with E-state index in [9.17, 15) is 9.59 Å². The summed E-state index contributed by atoms with van der Waals surface area (Å²) in [7, 11) is 1.59. The van der Waals surface area contributed by atoms with Gasteiger partial charge in [-0.3, -0.25) is 9.59 Å².